The van der Waals surface area contributed by atoms with Crippen molar-refractivity contribution in [1.29, 1.82) is 0 Å². The molecule has 1 fully saturated rings. The van der Waals surface area contributed by atoms with Crippen molar-refractivity contribution >= 4 is 45.3 Å². The zero-order chi connectivity index (χ0) is 28.1. The number of fused-ring (bicyclic) bond motifs is 2. The number of ether oxygens (including phenoxy) is 1. The van der Waals surface area contributed by atoms with E-state index in [0.717, 1.165) is 26.9 Å². The fourth-order valence-electron chi connectivity index (χ4n) is 5.42. The average molecular weight is 615 g/mol. The molecule has 2 atom stereocenters. The molecule has 39 heavy (non-hydrogen) atoms. The third-order valence-electron chi connectivity index (χ3n) is 7.25. The molecule has 8 nitrogen and oxygen atoms in total. The second-order valence-electron chi connectivity index (χ2n) is 11.3. The van der Waals surface area contributed by atoms with Crippen LogP contribution in [-0.4, -0.2) is 67.3 Å². The number of halogens is 2. The minimum Gasteiger partial charge on any atom is -0.444 e. The topological polar surface area (TPSA) is 83.7 Å². The molecular weight excluding hydrogens is 582 g/mol. The minimum absolute atomic E-state index is 0.211. The van der Waals surface area contributed by atoms with Crippen molar-refractivity contribution in [2.45, 2.75) is 44.9 Å². The average Bonchev–Trinajstić information content (AvgIpc) is 3.24. The number of aromatic nitrogens is 3. The Bertz CT molecular complexity index is 1440. The first-order valence-electron chi connectivity index (χ1n) is 12.9. The molecule has 0 saturated carbocycles. The number of amides is 1. The van der Waals surface area contributed by atoms with Gasteiger partial charge >= 0.3 is 6.09 Å². The summed E-state index contributed by atoms with van der Waals surface area (Å²) in [6.45, 7) is 9.75. The molecule has 2 aliphatic rings. The number of nitrogens with zero attached hydrogens (tertiary/aromatic N) is 5. The predicted molar refractivity (Wildman–Crippen MR) is 155 cm³/mol. The number of rotatable bonds is 3. The number of hydrogen-bond donors (Lipinski definition) is 1. The Morgan fingerprint density at radius 3 is 2.49 bits per heavy atom. The van der Waals surface area contributed by atoms with E-state index in [-0.39, 0.29) is 12.1 Å². The maximum absolute atomic E-state index is 12.7. The largest absolute Gasteiger partial charge is 0.444 e. The molecule has 1 aromatic carbocycles. The Morgan fingerprint density at radius 2 is 1.85 bits per heavy atom. The summed E-state index contributed by atoms with van der Waals surface area (Å²) in [7, 11) is 1.87. The highest BCUT2D eigenvalue weighted by Crippen LogP contribution is 2.46. The van der Waals surface area contributed by atoms with Crippen molar-refractivity contribution in [3.8, 4) is 0 Å². The number of hydrogen-bond acceptors (Lipinski definition) is 6. The van der Waals surface area contributed by atoms with Gasteiger partial charge in [0.1, 0.15) is 11.2 Å². The quantitative estimate of drug-likeness (QED) is 0.412. The Morgan fingerprint density at radius 1 is 1.13 bits per heavy atom. The van der Waals surface area contributed by atoms with Crippen molar-refractivity contribution in [2.24, 2.45) is 7.05 Å². The van der Waals surface area contributed by atoms with Crippen LogP contribution < -0.4 is 0 Å². The van der Waals surface area contributed by atoms with Crippen LogP contribution in [0, 0.1) is 0 Å². The maximum atomic E-state index is 12.7. The van der Waals surface area contributed by atoms with Gasteiger partial charge in [-0.3, -0.25) is 9.88 Å². The standard InChI is InChI=1S/C29H33BrClN5O3/c1-28(2,3)39-27(37)36-10-8-35(9-11-36)26-21-7-6-20(31)14-22(21)23(13-18-12-19(30)15-33-25(18)26)29(4,38)24-16-32-17-34(24)5/h6-7,12-17,26,38H,8-11H2,1-5H3/t26-,29?/m0/s1. The van der Waals surface area contributed by atoms with Gasteiger partial charge in [0.15, 0.2) is 0 Å². The SMILES string of the molecule is Cn1cncc1C(C)(O)C1=Cc2cc(Br)cnc2[C@@H](N2CCN(C(=O)OC(C)(C)C)CC2)c2ccc(Cl)cc21. The molecule has 0 spiro atoms. The lowest BCUT2D eigenvalue weighted by Crippen LogP contribution is -2.51. The fourth-order valence-corrected chi connectivity index (χ4v) is 5.94. The van der Waals surface area contributed by atoms with Crippen LogP contribution in [0.5, 0.6) is 0 Å². The molecule has 1 unspecified atom stereocenters. The van der Waals surface area contributed by atoms with Crippen molar-refractivity contribution in [3.63, 3.8) is 0 Å². The number of benzene rings is 1. The molecule has 3 aromatic rings. The third-order valence-corrected chi connectivity index (χ3v) is 7.91. The molecule has 3 heterocycles. The van der Waals surface area contributed by atoms with Crippen molar-refractivity contribution in [2.75, 3.05) is 26.2 Å². The van der Waals surface area contributed by atoms with Gasteiger partial charge in [-0.15, -0.1) is 0 Å². The molecule has 0 bridgehead atoms. The highest BCUT2D eigenvalue weighted by atomic mass is 79.9. The minimum atomic E-state index is -1.37. The van der Waals surface area contributed by atoms with E-state index in [9.17, 15) is 9.90 Å². The molecular formula is C29H33BrClN5O3. The first-order valence-corrected chi connectivity index (χ1v) is 14.1. The normalized spacial score (nSPS) is 19.4. The van der Waals surface area contributed by atoms with E-state index in [2.05, 4.69) is 25.8 Å². The van der Waals surface area contributed by atoms with Crippen LogP contribution in [0.3, 0.4) is 0 Å². The van der Waals surface area contributed by atoms with E-state index in [4.69, 9.17) is 21.3 Å². The van der Waals surface area contributed by atoms with Crippen molar-refractivity contribution in [1.82, 2.24) is 24.3 Å². The zero-order valence-corrected chi connectivity index (χ0v) is 25.1. The number of aliphatic hydroxyl groups is 1. The third kappa shape index (κ3) is 5.50. The van der Waals surface area contributed by atoms with Gasteiger partial charge in [0, 0.05) is 48.9 Å². The number of carbonyl (C=O) groups is 1. The maximum Gasteiger partial charge on any atom is 0.410 e. The van der Waals surface area contributed by atoms with Crippen LogP contribution in [0.4, 0.5) is 4.79 Å². The van der Waals surface area contributed by atoms with Crippen LogP contribution >= 0.6 is 27.5 Å². The van der Waals surface area contributed by atoms with Gasteiger partial charge in [-0.2, -0.15) is 0 Å². The second kappa shape index (κ2) is 10.4. The summed E-state index contributed by atoms with van der Waals surface area (Å²) < 4.78 is 8.27. The summed E-state index contributed by atoms with van der Waals surface area (Å²) >= 11 is 10.1. The van der Waals surface area contributed by atoms with Gasteiger partial charge < -0.3 is 19.3 Å². The van der Waals surface area contributed by atoms with E-state index in [0.29, 0.717) is 42.5 Å². The van der Waals surface area contributed by atoms with Crippen LogP contribution in [0.25, 0.3) is 11.6 Å². The lowest BCUT2D eigenvalue weighted by Gasteiger charge is -2.40. The van der Waals surface area contributed by atoms with Crippen LogP contribution in [0.15, 0.2) is 47.5 Å². The first kappa shape index (κ1) is 27.8. The Balaban J connectivity index is 1.59. The van der Waals surface area contributed by atoms with E-state index in [1.165, 1.54) is 0 Å². The lowest BCUT2D eigenvalue weighted by molar-refractivity contribution is 0.0117. The summed E-state index contributed by atoms with van der Waals surface area (Å²) in [5.41, 5.74) is 3.07. The number of aryl methyl sites for hydroxylation is 1. The number of piperazine rings is 1. The Labute approximate surface area is 242 Å². The zero-order valence-electron chi connectivity index (χ0n) is 22.8. The van der Waals surface area contributed by atoms with E-state index < -0.39 is 11.2 Å². The predicted octanol–water partition coefficient (Wildman–Crippen LogP) is 5.63. The summed E-state index contributed by atoms with van der Waals surface area (Å²) in [6, 6.07) is 7.63. The summed E-state index contributed by atoms with van der Waals surface area (Å²) in [5, 5.41) is 12.6. The van der Waals surface area contributed by atoms with Crippen LogP contribution in [0.1, 0.15) is 61.8 Å². The van der Waals surface area contributed by atoms with Gasteiger partial charge in [-0.05, 0) is 90.2 Å². The Hall–Kier alpha value is -2.72. The van der Waals surface area contributed by atoms with E-state index in [1.807, 2.05) is 62.7 Å². The van der Waals surface area contributed by atoms with Gasteiger partial charge in [0.05, 0.1) is 30.0 Å². The summed E-state index contributed by atoms with van der Waals surface area (Å²) in [5.74, 6) is 0. The van der Waals surface area contributed by atoms with E-state index in [1.54, 1.807) is 30.5 Å². The highest BCUT2D eigenvalue weighted by molar-refractivity contribution is 9.10. The van der Waals surface area contributed by atoms with Gasteiger partial charge in [-0.1, -0.05) is 17.7 Å². The van der Waals surface area contributed by atoms with Gasteiger partial charge in [0.2, 0.25) is 0 Å². The summed E-state index contributed by atoms with van der Waals surface area (Å²) in [4.78, 5) is 26.0. The lowest BCUT2D eigenvalue weighted by atomic mass is 9.84. The molecule has 5 rings (SSSR count). The molecule has 206 valence electrons. The van der Waals surface area contributed by atoms with Crippen molar-refractivity contribution < 1.29 is 14.6 Å². The number of imidazole rings is 1. The van der Waals surface area contributed by atoms with Crippen molar-refractivity contribution in [3.05, 3.63) is 80.6 Å². The fraction of sp³-hybridized carbons (Fsp3) is 0.414. The van der Waals surface area contributed by atoms with Crippen LogP contribution in [0.2, 0.25) is 5.02 Å². The van der Waals surface area contributed by atoms with Gasteiger partial charge in [0.25, 0.3) is 0 Å². The molecule has 0 radical (unpaired) electrons. The molecule has 1 amide bonds. The molecule has 1 N–H and O–H groups in total. The first-order chi connectivity index (χ1) is 18.3. The molecule has 1 aliphatic heterocycles. The number of pyridine rings is 1. The highest BCUT2D eigenvalue weighted by Gasteiger charge is 2.39. The number of carbonyl (C=O) groups excluding carboxylic acids is 1. The van der Waals surface area contributed by atoms with E-state index >= 15 is 0 Å². The van der Waals surface area contributed by atoms with Gasteiger partial charge in [-0.25, -0.2) is 9.78 Å². The smallest absolute Gasteiger partial charge is 0.410 e. The summed E-state index contributed by atoms with van der Waals surface area (Å²) in [6.07, 6.45) is 6.87. The Kier molecular flexibility index (Phi) is 7.39. The molecule has 1 saturated heterocycles. The second-order valence-corrected chi connectivity index (χ2v) is 12.6. The van der Waals surface area contributed by atoms with Crippen LogP contribution in [-0.2, 0) is 17.4 Å². The molecule has 10 heteroatoms. The molecule has 1 aliphatic carbocycles. The molecule has 2 aromatic heterocycles. The monoisotopic (exact) mass is 613 g/mol.